The SMILES string of the molecule is Cc1c(NC(=O)c2ccc(C(NC(=O)OCCO)C(C)(C)C)cn2)cccc1-c1ccnc(Cl)c1Cl. The van der Waals surface area contributed by atoms with Crippen LogP contribution in [0.15, 0.2) is 48.8 Å². The molecule has 3 rings (SSSR count). The number of pyridine rings is 2. The van der Waals surface area contributed by atoms with E-state index >= 15 is 0 Å². The fourth-order valence-corrected chi connectivity index (χ4v) is 4.06. The molecule has 3 N–H and O–H groups in total. The van der Waals surface area contributed by atoms with Gasteiger partial charge in [0.15, 0.2) is 0 Å². The molecule has 2 aromatic heterocycles. The molecule has 2 amide bonds. The molecule has 1 aromatic carbocycles. The number of aliphatic hydroxyl groups excluding tert-OH is 1. The highest BCUT2D eigenvalue weighted by atomic mass is 35.5. The van der Waals surface area contributed by atoms with Crippen molar-refractivity contribution in [2.75, 3.05) is 18.5 Å². The molecule has 1 atom stereocenters. The van der Waals surface area contributed by atoms with E-state index in [1.165, 1.54) is 0 Å². The minimum atomic E-state index is -0.642. The van der Waals surface area contributed by atoms with Crippen LogP contribution in [-0.4, -0.2) is 40.3 Å². The lowest BCUT2D eigenvalue weighted by atomic mass is 9.83. The summed E-state index contributed by atoms with van der Waals surface area (Å²) in [6.45, 7) is 7.40. The maximum absolute atomic E-state index is 13.0. The van der Waals surface area contributed by atoms with E-state index in [4.69, 9.17) is 33.0 Å². The monoisotopic (exact) mass is 530 g/mol. The number of alkyl carbamates (subject to hydrolysis) is 1. The number of nitrogens with zero attached hydrogens (tertiary/aromatic N) is 2. The summed E-state index contributed by atoms with van der Waals surface area (Å²) in [6, 6.07) is 10.2. The summed E-state index contributed by atoms with van der Waals surface area (Å²) in [7, 11) is 0. The number of aromatic nitrogens is 2. The molecule has 190 valence electrons. The number of benzene rings is 1. The quantitative estimate of drug-likeness (QED) is 0.332. The van der Waals surface area contributed by atoms with Gasteiger partial charge < -0.3 is 20.5 Å². The van der Waals surface area contributed by atoms with Crippen molar-refractivity contribution in [3.63, 3.8) is 0 Å². The number of carbonyl (C=O) groups excluding carboxylic acids is 2. The highest BCUT2D eigenvalue weighted by Crippen LogP contribution is 2.36. The van der Waals surface area contributed by atoms with Crippen LogP contribution < -0.4 is 10.6 Å². The molecule has 0 bridgehead atoms. The van der Waals surface area contributed by atoms with Crippen molar-refractivity contribution in [2.24, 2.45) is 5.41 Å². The molecular weight excluding hydrogens is 503 g/mol. The Balaban J connectivity index is 1.80. The minimum Gasteiger partial charge on any atom is -0.447 e. The zero-order valence-corrected chi connectivity index (χ0v) is 21.9. The van der Waals surface area contributed by atoms with Crippen molar-refractivity contribution >= 4 is 40.9 Å². The average molecular weight is 531 g/mol. The van der Waals surface area contributed by atoms with E-state index in [1.807, 2.05) is 39.8 Å². The van der Waals surface area contributed by atoms with Crippen molar-refractivity contribution in [3.8, 4) is 11.1 Å². The number of carbonyl (C=O) groups is 2. The Morgan fingerprint density at radius 2 is 1.83 bits per heavy atom. The van der Waals surface area contributed by atoms with Gasteiger partial charge in [0.25, 0.3) is 5.91 Å². The maximum atomic E-state index is 13.0. The third-order valence-electron chi connectivity index (χ3n) is 5.52. The number of aliphatic hydroxyl groups is 1. The lowest BCUT2D eigenvalue weighted by molar-refractivity contribution is 0.102. The van der Waals surface area contributed by atoms with Crippen LogP contribution in [0.2, 0.25) is 10.2 Å². The van der Waals surface area contributed by atoms with Crippen LogP contribution in [0.4, 0.5) is 10.5 Å². The molecule has 0 radical (unpaired) electrons. The molecule has 0 aliphatic heterocycles. The van der Waals surface area contributed by atoms with Gasteiger partial charge in [0, 0.05) is 23.6 Å². The zero-order valence-electron chi connectivity index (χ0n) is 20.4. The van der Waals surface area contributed by atoms with E-state index in [0.717, 1.165) is 11.1 Å². The van der Waals surface area contributed by atoms with Crippen LogP contribution in [0.5, 0.6) is 0 Å². The summed E-state index contributed by atoms with van der Waals surface area (Å²) in [4.78, 5) is 33.3. The third-order valence-corrected chi connectivity index (χ3v) is 6.29. The summed E-state index contributed by atoms with van der Waals surface area (Å²) in [5.41, 5.74) is 3.51. The van der Waals surface area contributed by atoms with E-state index < -0.39 is 12.1 Å². The standard InChI is InChI=1S/C26H28Cl2N4O4/c1-15-17(18-10-11-29-23(28)21(18)27)6-5-7-19(15)31-24(34)20-9-8-16(14-30-20)22(26(2,3)4)32-25(35)36-13-12-33/h5-11,14,22,33H,12-13H2,1-4H3,(H,31,34)(H,32,35). The maximum Gasteiger partial charge on any atom is 0.407 e. The van der Waals surface area contributed by atoms with Gasteiger partial charge in [0.05, 0.1) is 17.7 Å². The van der Waals surface area contributed by atoms with E-state index in [-0.39, 0.29) is 35.4 Å². The Morgan fingerprint density at radius 3 is 2.47 bits per heavy atom. The van der Waals surface area contributed by atoms with Gasteiger partial charge in [-0.1, -0.05) is 62.2 Å². The minimum absolute atomic E-state index is 0.0962. The highest BCUT2D eigenvalue weighted by molar-refractivity contribution is 6.43. The normalized spacial score (nSPS) is 12.1. The predicted octanol–water partition coefficient (Wildman–Crippen LogP) is 5.82. The lowest BCUT2D eigenvalue weighted by Gasteiger charge is -2.31. The van der Waals surface area contributed by atoms with Gasteiger partial charge in [-0.25, -0.2) is 9.78 Å². The molecule has 2 heterocycles. The number of amides is 2. The van der Waals surface area contributed by atoms with Gasteiger partial charge in [-0.05, 0) is 47.2 Å². The van der Waals surface area contributed by atoms with Crippen LogP contribution in [0, 0.1) is 12.3 Å². The molecule has 10 heteroatoms. The molecule has 0 aliphatic carbocycles. The topological polar surface area (TPSA) is 113 Å². The first-order chi connectivity index (χ1) is 17.0. The van der Waals surface area contributed by atoms with Crippen LogP contribution in [0.1, 0.15) is 48.4 Å². The van der Waals surface area contributed by atoms with Gasteiger partial charge >= 0.3 is 6.09 Å². The zero-order chi connectivity index (χ0) is 26.5. The molecule has 1 unspecified atom stereocenters. The first-order valence-corrected chi connectivity index (χ1v) is 12.0. The molecule has 0 saturated heterocycles. The highest BCUT2D eigenvalue weighted by Gasteiger charge is 2.29. The van der Waals surface area contributed by atoms with Crippen molar-refractivity contribution in [1.82, 2.24) is 15.3 Å². The number of nitrogens with one attached hydrogen (secondary N) is 2. The number of ether oxygens (including phenoxy) is 1. The summed E-state index contributed by atoms with van der Waals surface area (Å²) in [6.07, 6.45) is 2.49. The number of hydrogen-bond donors (Lipinski definition) is 3. The van der Waals surface area contributed by atoms with E-state index in [0.29, 0.717) is 21.8 Å². The molecule has 8 nitrogen and oxygen atoms in total. The van der Waals surface area contributed by atoms with E-state index in [2.05, 4.69) is 20.6 Å². The Labute approximate surface area is 220 Å². The molecule has 0 spiro atoms. The van der Waals surface area contributed by atoms with Crippen molar-refractivity contribution < 1.29 is 19.4 Å². The molecule has 36 heavy (non-hydrogen) atoms. The molecule has 3 aromatic rings. The summed E-state index contributed by atoms with van der Waals surface area (Å²) in [5.74, 6) is -0.386. The van der Waals surface area contributed by atoms with Gasteiger partial charge in [-0.2, -0.15) is 0 Å². The predicted molar refractivity (Wildman–Crippen MR) is 140 cm³/mol. The summed E-state index contributed by atoms with van der Waals surface area (Å²) < 4.78 is 4.93. The number of halogens is 2. The fourth-order valence-electron chi connectivity index (χ4n) is 3.68. The van der Waals surface area contributed by atoms with Gasteiger partial charge in [0.1, 0.15) is 17.5 Å². The van der Waals surface area contributed by atoms with Gasteiger partial charge in [0.2, 0.25) is 0 Å². The largest absolute Gasteiger partial charge is 0.447 e. The number of rotatable bonds is 7. The lowest BCUT2D eigenvalue weighted by Crippen LogP contribution is -2.37. The molecule has 0 aliphatic rings. The average Bonchev–Trinajstić information content (AvgIpc) is 2.84. The fraction of sp³-hybridized carbons (Fsp3) is 0.308. The Morgan fingerprint density at radius 1 is 1.08 bits per heavy atom. The van der Waals surface area contributed by atoms with Crippen LogP contribution in [0.3, 0.4) is 0 Å². The first kappa shape index (κ1) is 27.4. The number of anilines is 1. The second kappa shape index (κ2) is 11.7. The van der Waals surface area contributed by atoms with Gasteiger partial charge in [-0.3, -0.25) is 9.78 Å². The Bertz CT molecular complexity index is 1240. The van der Waals surface area contributed by atoms with Crippen LogP contribution in [-0.2, 0) is 4.74 Å². The Hall–Kier alpha value is -3.20. The van der Waals surface area contributed by atoms with Crippen molar-refractivity contribution in [1.29, 1.82) is 0 Å². The van der Waals surface area contributed by atoms with E-state index in [1.54, 1.807) is 36.7 Å². The summed E-state index contributed by atoms with van der Waals surface area (Å²) >= 11 is 12.4. The smallest absolute Gasteiger partial charge is 0.407 e. The van der Waals surface area contributed by atoms with E-state index in [9.17, 15) is 9.59 Å². The van der Waals surface area contributed by atoms with Crippen molar-refractivity contribution in [2.45, 2.75) is 33.7 Å². The summed E-state index contributed by atoms with van der Waals surface area (Å²) in [5, 5.41) is 15.1. The molecule has 0 saturated carbocycles. The molecule has 0 fully saturated rings. The second-order valence-electron chi connectivity index (χ2n) is 9.18. The number of hydrogen-bond acceptors (Lipinski definition) is 6. The van der Waals surface area contributed by atoms with Crippen LogP contribution in [0.25, 0.3) is 11.1 Å². The van der Waals surface area contributed by atoms with Gasteiger partial charge in [-0.15, -0.1) is 0 Å². The third kappa shape index (κ3) is 6.51. The Kier molecular flexibility index (Phi) is 8.89. The molecular formula is C26H28Cl2N4O4. The van der Waals surface area contributed by atoms with Crippen LogP contribution >= 0.6 is 23.2 Å². The van der Waals surface area contributed by atoms with Crippen molar-refractivity contribution in [3.05, 3.63) is 75.8 Å². The first-order valence-electron chi connectivity index (χ1n) is 11.2. The second-order valence-corrected chi connectivity index (χ2v) is 9.91.